The highest BCUT2D eigenvalue weighted by atomic mass is 35.5. The van der Waals surface area contributed by atoms with Gasteiger partial charge in [-0.15, -0.1) is 0 Å². The first-order chi connectivity index (χ1) is 13.3. The van der Waals surface area contributed by atoms with Gasteiger partial charge in [-0.25, -0.2) is 4.39 Å². The van der Waals surface area contributed by atoms with Crippen LogP contribution in [-0.2, 0) is 9.59 Å². The maximum Gasteiger partial charge on any atom is 0.265 e. The Labute approximate surface area is 169 Å². The molecule has 0 bridgehead atoms. The van der Waals surface area contributed by atoms with E-state index >= 15 is 0 Å². The zero-order valence-corrected chi connectivity index (χ0v) is 16.9. The number of unbranched alkanes of at least 4 members (excludes halogenated alkanes) is 1. The molecule has 0 saturated heterocycles. The van der Waals surface area contributed by atoms with E-state index in [-0.39, 0.29) is 22.6 Å². The van der Waals surface area contributed by atoms with Crippen molar-refractivity contribution in [2.24, 2.45) is 0 Å². The van der Waals surface area contributed by atoms with Gasteiger partial charge in [0.2, 0.25) is 5.91 Å². The molecule has 2 N–H and O–H groups in total. The summed E-state index contributed by atoms with van der Waals surface area (Å²) in [6.07, 6.45) is 1.45. The summed E-state index contributed by atoms with van der Waals surface area (Å²) in [4.78, 5) is 24.2. The fourth-order valence-corrected chi connectivity index (χ4v) is 2.70. The summed E-state index contributed by atoms with van der Waals surface area (Å²) in [5.74, 6) is -0.654. The van der Waals surface area contributed by atoms with Gasteiger partial charge in [-0.1, -0.05) is 24.9 Å². The van der Waals surface area contributed by atoms with Crippen LogP contribution in [-0.4, -0.2) is 17.9 Å². The van der Waals surface area contributed by atoms with Crippen LogP contribution in [0, 0.1) is 12.7 Å². The first-order valence-electron chi connectivity index (χ1n) is 9.13. The van der Waals surface area contributed by atoms with E-state index in [4.69, 9.17) is 16.3 Å². The lowest BCUT2D eigenvalue weighted by Gasteiger charge is -2.16. The molecule has 2 aromatic carbocycles. The molecule has 2 aromatic rings. The molecule has 0 radical (unpaired) electrons. The number of carbonyl (C=O) groups excluding carboxylic acids is 2. The molecule has 0 aliphatic rings. The highest BCUT2D eigenvalue weighted by Crippen LogP contribution is 2.26. The zero-order valence-electron chi connectivity index (χ0n) is 16.1. The van der Waals surface area contributed by atoms with Crippen LogP contribution in [0.1, 0.15) is 38.7 Å². The van der Waals surface area contributed by atoms with E-state index in [1.54, 1.807) is 25.1 Å². The van der Waals surface area contributed by atoms with Crippen LogP contribution in [0.25, 0.3) is 0 Å². The summed E-state index contributed by atoms with van der Waals surface area (Å²) in [6.45, 7) is 5.46. The maximum atomic E-state index is 13.1. The van der Waals surface area contributed by atoms with Gasteiger partial charge < -0.3 is 15.4 Å². The number of aryl methyl sites for hydroxylation is 1. The first-order valence-corrected chi connectivity index (χ1v) is 9.51. The van der Waals surface area contributed by atoms with E-state index in [9.17, 15) is 14.0 Å². The number of benzene rings is 2. The van der Waals surface area contributed by atoms with Gasteiger partial charge in [0.25, 0.3) is 5.91 Å². The van der Waals surface area contributed by atoms with Crippen LogP contribution in [0.4, 0.5) is 15.8 Å². The van der Waals surface area contributed by atoms with Crippen molar-refractivity contribution >= 4 is 34.8 Å². The average molecular weight is 407 g/mol. The number of anilines is 2. The van der Waals surface area contributed by atoms with Crippen LogP contribution >= 0.6 is 11.6 Å². The Morgan fingerprint density at radius 3 is 2.57 bits per heavy atom. The highest BCUT2D eigenvalue weighted by Gasteiger charge is 2.17. The molecule has 0 aliphatic heterocycles. The molecule has 28 heavy (non-hydrogen) atoms. The van der Waals surface area contributed by atoms with Gasteiger partial charge in [0.05, 0.1) is 5.02 Å². The highest BCUT2D eigenvalue weighted by molar-refractivity contribution is 6.32. The molecular weight excluding hydrogens is 383 g/mol. The number of amides is 2. The van der Waals surface area contributed by atoms with Crippen molar-refractivity contribution in [1.82, 2.24) is 0 Å². The minimum atomic E-state index is -0.836. The largest absolute Gasteiger partial charge is 0.479 e. The topological polar surface area (TPSA) is 67.4 Å². The second-order valence-electron chi connectivity index (χ2n) is 6.51. The Hall–Kier alpha value is -2.60. The van der Waals surface area contributed by atoms with Gasteiger partial charge in [0.1, 0.15) is 11.6 Å². The lowest BCUT2D eigenvalue weighted by Crippen LogP contribution is -2.30. The predicted octanol–water partition coefficient (Wildman–Crippen LogP) is 5.32. The molecule has 2 amide bonds. The van der Waals surface area contributed by atoms with Gasteiger partial charge in [0.15, 0.2) is 6.10 Å². The van der Waals surface area contributed by atoms with E-state index in [1.807, 2.05) is 13.8 Å². The SMILES string of the molecule is CCCCC(=O)Nc1ccc(NC(=O)C(C)Oc2ccc(F)cc2Cl)cc1C. The predicted molar refractivity (Wildman–Crippen MR) is 109 cm³/mol. The molecule has 150 valence electrons. The van der Waals surface area contributed by atoms with Crippen molar-refractivity contribution in [3.63, 3.8) is 0 Å². The van der Waals surface area contributed by atoms with Gasteiger partial charge in [-0.3, -0.25) is 9.59 Å². The van der Waals surface area contributed by atoms with Crippen molar-refractivity contribution in [3.8, 4) is 5.75 Å². The molecule has 7 heteroatoms. The maximum absolute atomic E-state index is 13.1. The van der Waals surface area contributed by atoms with E-state index in [1.165, 1.54) is 12.1 Å². The fraction of sp³-hybridized carbons (Fsp3) is 0.333. The number of ether oxygens (including phenoxy) is 1. The van der Waals surface area contributed by atoms with Crippen molar-refractivity contribution in [3.05, 3.63) is 52.8 Å². The smallest absolute Gasteiger partial charge is 0.265 e. The molecule has 1 unspecified atom stereocenters. The Kier molecular flexibility index (Phi) is 7.81. The Morgan fingerprint density at radius 2 is 1.93 bits per heavy atom. The summed E-state index contributed by atoms with van der Waals surface area (Å²) in [7, 11) is 0. The van der Waals surface area contributed by atoms with Crippen LogP contribution in [0.2, 0.25) is 5.02 Å². The number of nitrogens with one attached hydrogen (secondary N) is 2. The van der Waals surface area contributed by atoms with E-state index in [0.717, 1.165) is 24.5 Å². The van der Waals surface area contributed by atoms with Crippen LogP contribution < -0.4 is 15.4 Å². The van der Waals surface area contributed by atoms with Gasteiger partial charge in [-0.2, -0.15) is 0 Å². The molecule has 0 spiro atoms. The third kappa shape index (κ3) is 6.23. The number of rotatable bonds is 8. The van der Waals surface area contributed by atoms with Crippen LogP contribution in [0.15, 0.2) is 36.4 Å². The molecule has 0 saturated carbocycles. The molecule has 0 aromatic heterocycles. The van der Waals surface area contributed by atoms with Gasteiger partial charge in [0, 0.05) is 17.8 Å². The standard InChI is InChI=1S/C21H24ClFN2O3/c1-4-5-6-20(26)25-18-9-8-16(11-13(18)2)24-21(27)14(3)28-19-10-7-15(23)12-17(19)22/h7-12,14H,4-6H2,1-3H3,(H,24,27)(H,25,26). The summed E-state index contributed by atoms with van der Waals surface area (Å²) >= 11 is 5.92. The summed E-state index contributed by atoms with van der Waals surface area (Å²) in [5.41, 5.74) is 2.12. The third-order valence-electron chi connectivity index (χ3n) is 4.09. The van der Waals surface area contributed by atoms with Gasteiger partial charge in [-0.05, 0) is 62.2 Å². The zero-order chi connectivity index (χ0) is 20.7. The minimum absolute atomic E-state index is 0.0278. The van der Waals surface area contributed by atoms with E-state index in [2.05, 4.69) is 10.6 Å². The van der Waals surface area contributed by atoms with Crippen molar-refractivity contribution < 1.29 is 18.7 Å². The van der Waals surface area contributed by atoms with Crippen molar-refractivity contribution in [2.45, 2.75) is 46.1 Å². The van der Waals surface area contributed by atoms with Crippen molar-refractivity contribution in [2.75, 3.05) is 10.6 Å². The normalized spacial score (nSPS) is 11.6. The Bertz CT molecular complexity index is 858. The molecule has 2 rings (SSSR count). The monoisotopic (exact) mass is 406 g/mol. The fourth-order valence-electron chi connectivity index (χ4n) is 2.49. The lowest BCUT2D eigenvalue weighted by molar-refractivity contribution is -0.122. The first kappa shape index (κ1) is 21.7. The third-order valence-corrected chi connectivity index (χ3v) is 4.39. The summed E-state index contributed by atoms with van der Waals surface area (Å²) in [5, 5.41) is 5.72. The average Bonchev–Trinajstić information content (AvgIpc) is 2.64. The molecule has 0 fully saturated rings. The van der Waals surface area contributed by atoms with Crippen LogP contribution in [0.5, 0.6) is 5.75 Å². The van der Waals surface area contributed by atoms with Gasteiger partial charge >= 0.3 is 0 Å². The van der Waals surface area contributed by atoms with Crippen LogP contribution in [0.3, 0.4) is 0 Å². The molecule has 0 heterocycles. The quantitative estimate of drug-likeness (QED) is 0.623. The lowest BCUT2D eigenvalue weighted by atomic mass is 10.1. The molecule has 0 aliphatic carbocycles. The van der Waals surface area contributed by atoms with E-state index < -0.39 is 11.9 Å². The molecule has 5 nitrogen and oxygen atoms in total. The Morgan fingerprint density at radius 1 is 1.18 bits per heavy atom. The second kappa shape index (κ2) is 10.1. The molecular formula is C21H24ClFN2O3. The van der Waals surface area contributed by atoms with E-state index in [0.29, 0.717) is 17.8 Å². The number of carbonyl (C=O) groups is 2. The van der Waals surface area contributed by atoms with Crippen molar-refractivity contribution in [1.29, 1.82) is 0 Å². The summed E-state index contributed by atoms with van der Waals surface area (Å²) in [6, 6.07) is 8.93. The second-order valence-corrected chi connectivity index (χ2v) is 6.91. The number of hydrogen-bond donors (Lipinski definition) is 2. The minimum Gasteiger partial charge on any atom is -0.479 e. The molecule has 1 atom stereocenters. The number of halogens is 2. The Balaban J connectivity index is 1.97. The summed E-state index contributed by atoms with van der Waals surface area (Å²) < 4.78 is 18.6. The number of hydrogen-bond acceptors (Lipinski definition) is 3.